The van der Waals surface area contributed by atoms with E-state index in [4.69, 9.17) is 4.74 Å². The summed E-state index contributed by atoms with van der Waals surface area (Å²) in [6.07, 6.45) is 7.22. The number of rotatable bonds is 10. The molecule has 0 fully saturated rings. The Bertz CT molecular complexity index is 886. The third-order valence-electron chi connectivity index (χ3n) is 5.11. The maximum absolute atomic E-state index is 13.3. The zero-order valence-corrected chi connectivity index (χ0v) is 16.9. The second-order valence-corrected chi connectivity index (χ2v) is 7.20. The Kier molecular flexibility index (Phi) is 7.12. The number of hydrogen-bond acceptors (Lipinski definition) is 2. The number of aromatic nitrogens is 1. The van der Waals surface area contributed by atoms with E-state index < -0.39 is 0 Å². The molecule has 0 unspecified atom stereocenters. The molecule has 0 aliphatic heterocycles. The minimum Gasteiger partial charge on any atom is -0.497 e. The van der Waals surface area contributed by atoms with E-state index in [9.17, 15) is 4.79 Å². The fourth-order valence-corrected chi connectivity index (χ4v) is 3.50. The van der Waals surface area contributed by atoms with Gasteiger partial charge in [0.15, 0.2) is 0 Å². The van der Waals surface area contributed by atoms with Crippen molar-refractivity contribution in [2.24, 2.45) is 0 Å². The van der Waals surface area contributed by atoms with E-state index in [0.29, 0.717) is 5.69 Å². The quantitative estimate of drug-likeness (QED) is 0.428. The lowest BCUT2D eigenvalue weighted by Gasteiger charge is -2.22. The van der Waals surface area contributed by atoms with Crippen molar-refractivity contribution in [2.75, 3.05) is 18.6 Å². The van der Waals surface area contributed by atoms with Gasteiger partial charge in [-0.25, -0.2) is 0 Å². The zero-order valence-electron chi connectivity index (χ0n) is 16.9. The lowest BCUT2D eigenvalue weighted by molar-refractivity contribution is 0.0982. The summed E-state index contributed by atoms with van der Waals surface area (Å²) in [7, 11) is 1.65. The summed E-state index contributed by atoms with van der Waals surface area (Å²) >= 11 is 0. The maximum Gasteiger partial charge on any atom is 0.274 e. The van der Waals surface area contributed by atoms with Crippen LogP contribution in [0.4, 0.5) is 5.69 Å². The van der Waals surface area contributed by atoms with Gasteiger partial charge in [-0.3, -0.25) is 4.79 Å². The van der Waals surface area contributed by atoms with Crippen LogP contribution in [0.2, 0.25) is 0 Å². The first-order valence-corrected chi connectivity index (χ1v) is 10.3. The topological polar surface area (TPSA) is 45.3 Å². The molecule has 3 aromatic rings. The third kappa shape index (κ3) is 4.94. The SMILES string of the molecule is CCCCCCCCN(C(=O)c1cc2cc(OC)ccc2[nH]1)c1ccccc1. The second kappa shape index (κ2) is 9.98. The van der Waals surface area contributed by atoms with Gasteiger partial charge in [-0.2, -0.15) is 0 Å². The van der Waals surface area contributed by atoms with Gasteiger partial charge in [0.1, 0.15) is 11.4 Å². The maximum atomic E-state index is 13.3. The smallest absolute Gasteiger partial charge is 0.274 e. The summed E-state index contributed by atoms with van der Waals surface area (Å²) in [5.41, 5.74) is 2.49. The van der Waals surface area contributed by atoms with Crippen molar-refractivity contribution in [1.29, 1.82) is 0 Å². The largest absolute Gasteiger partial charge is 0.497 e. The standard InChI is InChI=1S/C24H30N2O2/c1-3-4-5-6-7-11-16-26(20-12-9-8-10-13-20)24(27)23-18-19-17-21(28-2)14-15-22(19)25-23/h8-10,12-15,17-18,25H,3-7,11,16H2,1-2H3. The van der Waals surface area contributed by atoms with Gasteiger partial charge in [0.25, 0.3) is 5.91 Å². The predicted octanol–water partition coefficient (Wildman–Crippen LogP) is 6.18. The molecule has 0 bridgehead atoms. The first kappa shape index (κ1) is 20.0. The Labute approximate surface area is 167 Å². The molecule has 2 aromatic carbocycles. The summed E-state index contributed by atoms with van der Waals surface area (Å²) in [4.78, 5) is 18.5. The van der Waals surface area contributed by atoms with Crippen LogP contribution in [-0.4, -0.2) is 24.5 Å². The molecule has 1 heterocycles. The summed E-state index contributed by atoms with van der Waals surface area (Å²) in [5.74, 6) is 0.799. The number of aromatic amines is 1. The first-order chi connectivity index (χ1) is 13.7. The van der Waals surface area contributed by atoms with Crippen LogP contribution in [-0.2, 0) is 0 Å². The number of fused-ring (bicyclic) bond motifs is 1. The number of hydrogen-bond donors (Lipinski definition) is 1. The molecule has 0 aliphatic carbocycles. The summed E-state index contributed by atoms with van der Waals surface area (Å²) in [6, 6.07) is 17.7. The summed E-state index contributed by atoms with van der Waals surface area (Å²) in [5, 5.41) is 0.982. The van der Waals surface area contributed by atoms with E-state index in [1.165, 1.54) is 25.7 Å². The van der Waals surface area contributed by atoms with Crippen molar-refractivity contribution >= 4 is 22.5 Å². The number of unbranched alkanes of at least 4 members (excludes halogenated alkanes) is 5. The van der Waals surface area contributed by atoms with Crippen molar-refractivity contribution in [3.63, 3.8) is 0 Å². The van der Waals surface area contributed by atoms with Gasteiger partial charge < -0.3 is 14.6 Å². The number of anilines is 1. The van der Waals surface area contributed by atoms with E-state index in [2.05, 4.69) is 11.9 Å². The Morgan fingerprint density at radius 3 is 2.46 bits per heavy atom. The average Bonchev–Trinajstić information content (AvgIpc) is 3.16. The van der Waals surface area contributed by atoms with Crippen molar-refractivity contribution in [2.45, 2.75) is 45.4 Å². The number of H-pyrrole nitrogens is 1. The predicted molar refractivity (Wildman–Crippen MR) is 116 cm³/mol. The Hall–Kier alpha value is -2.75. The number of nitrogens with one attached hydrogen (secondary N) is 1. The highest BCUT2D eigenvalue weighted by Crippen LogP contribution is 2.24. The fourth-order valence-electron chi connectivity index (χ4n) is 3.50. The summed E-state index contributed by atoms with van der Waals surface area (Å²) in [6.45, 7) is 2.96. The molecule has 148 valence electrons. The van der Waals surface area contributed by atoms with E-state index in [-0.39, 0.29) is 5.91 Å². The molecule has 4 heteroatoms. The van der Waals surface area contributed by atoms with E-state index in [1.54, 1.807) is 7.11 Å². The van der Waals surface area contributed by atoms with Gasteiger partial charge >= 0.3 is 0 Å². The number of ether oxygens (including phenoxy) is 1. The molecule has 1 aromatic heterocycles. The van der Waals surface area contributed by atoms with Crippen LogP contribution in [0.25, 0.3) is 10.9 Å². The van der Waals surface area contributed by atoms with E-state index >= 15 is 0 Å². The summed E-state index contributed by atoms with van der Waals surface area (Å²) < 4.78 is 5.29. The number of amides is 1. The molecule has 0 spiro atoms. The first-order valence-electron chi connectivity index (χ1n) is 10.3. The molecule has 3 rings (SSSR count). The molecule has 0 saturated heterocycles. The van der Waals surface area contributed by atoms with Gasteiger partial charge in [-0.15, -0.1) is 0 Å². The van der Waals surface area contributed by atoms with Crippen molar-refractivity contribution < 1.29 is 9.53 Å². The third-order valence-corrected chi connectivity index (χ3v) is 5.11. The van der Waals surface area contributed by atoms with Crippen LogP contribution in [0.15, 0.2) is 54.6 Å². The highest BCUT2D eigenvalue weighted by molar-refractivity contribution is 6.07. The highest BCUT2D eigenvalue weighted by Gasteiger charge is 2.19. The number of nitrogens with zero attached hydrogens (tertiary/aromatic N) is 1. The Morgan fingerprint density at radius 2 is 1.71 bits per heavy atom. The molecule has 0 atom stereocenters. The van der Waals surface area contributed by atoms with Crippen LogP contribution in [0.5, 0.6) is 5.75 Å². The fraction of sp³-hybridized carbons (Fsp3) is 0.375. The number of carbonyl (C=O) groups is 1. The van der Waals surface area contributed by atoms with Gasteiger partial charge in [-0.05, 0) is 42.8 Å². The molecule has 0 aliphatic rings. The van der Waals surface area contributed by atoms with Crippen molar-refractivity contribution in [3.8, 4) is 5.75 Å². The van der Waals surface area contributed by atoms with Crippen LogP contribution in [0.3, 0.4) is 0 Å². The zero-order chi connectivity index (χ0) is 19.8. The minimum absolute atomic E-state index is 0.00919. The molecule has 4 nitrogen and oxygen atoms in total. The number of methoxy groups -OCH3 is 1. The molecular formula is C24H30N2O2. The minimum atomic E-state index is 0.00919. The van der Waals surface area contributed by atoms with Gasteiger partial charge in [0.2, 0.25) is 0 Å². The lowest BCUT2D eigenvalue weighted by atomic mass is 10.1. The molecule has 0 saturated carbocycles. The molecular weight excluding hydrogens is 348 g/mol. The van der Waals surface area contributed by atoms with Crippen LogP contribution in [0.1, 0.15) is 55.9 Å². The Balaban J connectivity index is 1.76. The lowest BCUT2D eigenvalue weighted by Crippen LogP contribution is -2.32. The molecule has 0 radical (unpaired) electrons. The number of benzene rings is 2. The van der Waals surface area contributed by atoms with E-state index in [1.807, 2.05) is 59.5 Å². The van der Waals surface area contributed by atoms with Gasteiger partial charge in [0.05, 0.1) is 7.11 Å². The van der Waals surface area contributed by atoms with E-state index in [0.717, 1.165) is 41.7 Å². The Morgan fingerprint density at radius 1 is 0.964 bits per heavy atom. The van der Waals surface area contributed by atoms with Crippen LogP contribution < -0.4 is 9.64 Å². The molecule has 1 N–H and O–H groups in total. The average molecular weight is 379 g/mol. The highest BCUT2D eigenvalue weighted by atomic mass is 16.5. The molecule has 28 heavy (non-hydrogen) atoms. The number of para-hydroxylation sites is 1. The number of carbonyl (C=O) groups excluding carboxylic acids is 1. The van der Waals surface area contributed by atoms with Crippen molar-refractivity contribution in [3.05, 3.63) is 60.3 Å². The molecule has 1 amide bonds. The normalized spacial score (nSPS) is 10.9. The van der Waals surface area contributed by atoms with Crippen LogP contribution in [0, 0.1) is 0 Å². The van der Waals surface area contributed by atoms with Crippen molar-refractivity contribution in [1.82, 2.24) is 4.98 Å². The van der Waals surface area contributed by atoms with Gasteiger partial charge in [-0.1, -0.05) is 57.2 Å². The second-order valence-electron chi connectivity index (χ2n) is 7.20. The van der Waals surface area contributed by atoms with Gasteiger partial charge in [0, 0.05) is 23.1 Å². The van der Waals surface area contributed by atoms with Crippen LogP contribution >= 0.6 is 0 Å². The monoisotopic (exact) mass is 378 g/mol.